The summed E-state index contributed by atoms with van der Waals surface area (Å²) in [4.78, 5) is 0. The molecule has 0 amide bonds. The van der Waals surface area contributed by atoms with E-state index in [2.05, 4.69) is 24.3 Å². The molecule has 1 heterocycles. The van der Waals surface area contributed by atoms with Crippen LogP contribution in [0.15, 0.2) is 48.5 Å². The van der Waals surface area contributed by atoms with Crippen LogP contribution in [0.4, 0.5) is 11.4 Å². The molecule has 0 saturated heterocycles. The second-order valence-corrected chi connectivity index (χ2v) is 3.82. The molecule has 0 bridgehead atoms. The molecule has 2 aromatic rings. The highest BCUT2D eigenvalue weighted by Crippen LogP contribution is 2.33. The lowest BCUT2D eigenvalue weighted by atomic mass is 10.1. The van der Waals surface area contributed by atoms with E-state index in [0.717, 1.165) is 22.5 Å². The molecule has 1 aliphatic heterocycles. The Morgan fingerprint density at radius 1 is 0.688 bits per heavy atom. The highest BCUT2D eigenvalue weighted by molar-refractivity contribution is 5.87. The van der Waals surface area contributed by atoms with Gasteiger partial charge in [-0.05, 0) is 23.3 Å². The van der Waals surface area contributed by atoms with Crippen LogP contribution in [-0.2, 0) is 0 Å². The molecule has 1 aliphatic rings. The Labute approximate surface area is 94.6 Å². The average Bonchev–Trinajstić information content (AvgIpc) is 2.49. The number of nitrogens with two attached hydrogens (primary N) is 1. The van der Waals surface area contributed by atoms with E-state index < -0.39 is 0 Å². The van der Waals surface area contributed by atoms with Crippen LogP contribution >= 0.6 is 0 Å². The van der Waals surface area contributed by atoms with E-state index in [9.17, 15) is 0 Å². The fourth-order valence-electron chi connectivity index (χ4n) is 2.01. The molecule has 3 rings (SSSR count). The number of hydrogen-bond acceptors (Lipinski definition) is 2. The standard InChI is InChI=1S/C14H12N2/c15-16-13-7-3-1-5-11(13)9-10-12-6-2-4-8-14(12)16/h1-10H,15H2. The number of nitrogens with zero attached hydrogens (tertiary/aromatic N) is 1. The average molecular weight is 208 g/mol. The number of anilines is 2. The molecule has 0 spiro atoms. The Hall–Kier alpha value is -2.06. The van der Waals surface area contributed by atoms with E-state index in [1.165, 1.54) is 0 Å². The van der Waals surface area contributed by atoms with E-state index in [1.54, 1.807) is 5.01 Å². The fraction of sp³-hybridized carbons (Fsp3) is 0. The first kappa shape index (κ1) is 9.19. The first-order valence-electron chi connectivity index (χ1n) is 5.27. The van der Waals surface area contributed by atoms with Crippen molar-refractivity contribution in [3.63, 3.8) is 0 Å². The summed E-state index contributed by atoms with van der Waals surface area (Å²) in [6.45, 7) is 0. The maximum absolute atomic E-state index is 6.15. The number of hydrazine groups is 1. The molecule has 0 radical (unpaired) electrons. The normalized spacial score (nSPS) is 12.9. The van der Waals surface area contributed by atoms with Crippen LogP contribution < -0.4 is 10.9 Å². The summed E-state index contributed by atoms with van der Waals surface area (Å²) in [5, 5.41) is 1.74. The molecule has 0 fully saturated rings. The van der Waals surface area contributed by atoms with Crippen LogP contribution in [0.2, 0.25) is 0 Å². The van der Waals surface area contributed by atoms with Crippen LogP contribution in [0.1, 0.15) is 11.1 Å². The molecule has 2 nitrogen and oxygen atoms in total. The lowest BCUT2D eigenvalue weighted by Gasteiger charge is -2.20. The minimum absolute atomic E-state index is 1.03. The number of hydrogen-bond donors (Lipinski definition) is 1. The van der Waals surface area contributed by atoms with Crippen molar-refractivity contribution in [2.45, 2.75) is 0 Å². The number of fused-ring (bicyclic) bond motifs is 2. The Morgan fingerprint density at radius 2 is 1.12 bits per heavy atom. The summed E-state index contributed by atoms with van der Waals surface area (Å²) in [6, 6.07) is 16.2. The van der Waals surface area contributed by atoms with Crippen LogP contribution in [0.3, 0.4) is 0 Å². The Balaban J connectivity index is 2.26. The lowest BCUT2D eigenvalue weighted by Crippen LogP contribution is -2.25. The van der Waals surface area contributed by atoms with Crippen LogP contribution in [0, 0.1) is 0 Å². The SMILES string of the molecule is NN1c2ccccc2C=Cc2ccccc21. The highest BCUT2D eigenvalue weighted by atomic mass is 15.4. The molecule has 2 N–H and O–H groups in total. The van der Waals surface area contributed by atoms with Gasteiger partial charge in [0.2, 0.25) is 0 Å². The first-order chi connectivity index (χ1) is 7.86. The van der Waals surface area contributed by atoms with Gasteiger partial charge in [-0.3, -0.25) is 5.01 Å². The molecule has 16 heavy (non-hydrogen) atoms. The molecule has 0 aliphatic carbocycles. The summed E-state index contributed by atoms with van der Waals surface area (Å²) >= 11 is 0. The summed E-state index contributed by atoms with van der Waals surface area (Å²) in [6.07, 6.45) is 4.20. The fourth-order valence-corrected chi connectivity index (χ4v) is 2.01. The second-order valence-electron chi connectivity index (χ2n) is 3.82. The van der Waals surface area contributed by atoms with E-state index >= 15 is 0 Å². The quantitative estimate of drug-likeness (QED) is 0.674. The second kappa shape index (κ2) is 3.51. The summed E-state index contributed by atoms with van der Waals surface area (Å²) in [5.74, 6) is 6.15. The minimum Gasteiger partial charge on any atom is -0.278 e. The van der Waals surface area contributed by atoms with Gasteiger partial charge in [0.25, 0.3) is 0 Å². The molecule has 0 atom stereocenters. The number of rotatable bonds is 0. The van der Waals surface area contributed by atoms with Crippen LogP contribution in [0.25, 0.3) is 12.2 Å². The Morgan fingerprint density at radius 3 is 1.62 bits per heavy atom. The molecule has 0 aromatic heterocycles. The van der Waals surface area contributed by atoms with Gasteiger partial charge in [0.1, 0.15) is 0 Å². The molecule has 0 unspecified atom stereocenters. The monoisotopic (exact) mass is 208 g/mol. The van der Waals surface area contributed by atoms with Gasteiger partial charge in [-0.25, -0.2) is 5.84 Å². The molecular weight excluding hydrogens is 196 g/mol. The zero-order valence-corrected chi connectivity index (χ0v) is 8.80. The Bertz CT molecular complexity index is 509. The van der Waals surface area contributed by atoms with Crippen LogP contribution in [-0.4, -0.2) is 0 Å². The third-order valence-electron chi connectivity index (χ3n) is 2.84. The van der Waals surface area contributed by atoms with Gasteiger partial charge < -0.3 is 0 Å². The van der Waals surface area contributed by atoms with Crippen LogP contribution in [0.5, 0.6) is 0 Å². The third kappa shape index (κ3) is 1.32. The molecule has 2 heteroatoms. The van der Waals surface area contributed by atoms with Gasteiger partial charge in [0.05, 0.1) is 11.4 Å². The maximum Gasteiger partial charge on any atom is 0.0647 e. The van der Waals surface area contributed by atoms with Crippen molar-refractivity contribution in [1.82, 2.24) is 0 Å². The molecule has 2 aromatic carbocycles. The summed E-state index contributed by atoms with van der Waals surface area (Å²) in [5.41, 5.74) is 4.34. The van der Waals surface area contributed by atoms with Gasteiger partial charge in [-0.1, -0.05) is 48.6 Å². The van der Waals surface area contributed by atoms with Gasteiger partial charge in [0, 0.05) is 0 Å². The minimum atomic E-state index is 1.03. The van der Waals surface area contributed by atoms with Crippen molar-refractivity contribution in [2.75, 3.05) is 5.01 Å². The van der Waals surface area contributed by atoms with Crippen molar-refractivity contribution < 1.29 is 0 Å². The topological polar surface area (TPSA) is 29.3 Å². The van der Waals surface area contributed by atoms with Crippen molar-refractivity contribution in [3.8, 4) is 0 Å². The molecule has 0 saturated carbocycles. The lowest BCUT2D eigenvalue weighted by molar-refractivity contribution is 1.08. The van der Waals surface area contributed by atoms with Crippen molar-refractivity contribution in [2.24, 2.45) is 5.84 Å². The first-order valence-corrected chi connectivity index (χ1v) is 5.27. The number of para-hydroxylation sites is 2. The van der Waals surface area contributed by atoms with Gasteiger partial charge in [-0.15, -0.1) is 0 Å². The smallest absolute Gasteiger partial charge is 0.0647 e. The predicted octanol–water partition coefficient (Wildman–Crippen LogP) is 3.18. The third-order valence-corrected chi connectivity index (χ3v) is 2.84. The highest BCUT2D eigenvalue weighted by Gasteiger charge is 2.13. The van der Waals surface area contributed by atoms with Gasteiger partial charge in [0.15, 0.2) is 0 Å². The number of benzene rings is 2. The Kier molecular flexibility index (Phi) is 2.01. The van der Waals surface area contributed by atoms with E-state index in [-0.39, 0.29) is 0 Å². The van der Waals surface area contributed by atoms with Gasteiger partial charge >= 0.3 is 0 Å². The van der Waals surface area contributed by atoms with E-state index in [1.807, 2.05) is 36.4 Å². The van der Waals surface area contributed by atoms with Crippen molar-refractivity contribution in [1.29, 1.82) is 0 Å². The van der Waals surface area contributed by atoms with Crippen molar-refractivity contribution in [3.05, 3.63) is 59.7 Å². The van der Waals surface area contributed by atoms with E-state index in [0.29, 0.717) is 0 Å². The zero-order valence-electron chi connectivity index (χ0n) is 8.80. The zero-order chi connectivity index (χ0) is 11.0. The van der Waals surface area contributed by atoms with Crippen molar-refractivity contribution >= 4 is 23.5 Å². The molecular formula is C14H12N2. The predicted molar refractivity (Wildman–Crippen MR) is 68.1 cm³/mol. The summed E-state index contributed by atoms with van der Waals surface area (Å²) < 4.78 is 0. The molecule has 78 valence electrons. The summed E-state index contributed by atoms with van der Waals surface area (Å²) in [7, 11) is 0. The van der Waals surface area contributed by atoms with E-state index in [4.69, 9.17) is 5.84 Å². The van der Waals surface area contributed by atoms with Gasteiger partial charge in [-0.2, -0.15) is 0 Å². The maximum atomic E-state index is 6.15. The largest absolute Gasteiger partial charge is 0.278 e.